The number of benzene rings is 2. The molecule has 2 aromatic rings. The van der Waals surface area contributed by atoms with E-state index >= 15 is 0 Å². The van der Waals surface area contributed by atoms with E-state index in [1.54, 1.807) is 31.4 Å². The van der Waals surface area contributed by atoms with Crippen LogP contribution in [0.4, 0.5) is 17.1 Å². The molecule has 0 radical (unpaired) electrons. The third kappa shape index (κ3) is 5.70. The molecule has 2 aromatic carbocycles. The van der Waals surface area contributed by atoms with Gasteiger partial charge in [0.1, 0.15) is 11.5 Å². The molecule has 0 unspecified atom stereocenters. The molecule has 0 spiro atoms. The Morgan fingerprint density at radius 3 is 2.42 bits per heavy atom. The zero-order valence-electron chi connectivity index (χ0n) is 15.1. The minimum absolute atomic E-state index is 0.130. The molecule has 7 heteroatoms. The first-order chi connectivity index (χ1) is 12.5. The van der Waals surface area contributed by atoms with Crippen molar-refractivity contribution in [3.05, 3.63) is 42.5 Å². The fraction of sp³-hybridized carbons (Fsp3) is 0.263. The zero-order chi connectivity index (χ0) is 18.9. The Morgan fingerprint density at radius 1 is 0.962 bits per heavy atom. The summed E-state index contributed by atoms with van der Waals surface area (Å²) in [6.07, 6.45) is 0.277. The molecule has 0 aliphatic heterocycles. The van der Waals surface area contributed by atoms with Gasteiger partial charge in [-0.25, -0.2) is 0 Å². The highest BCUT2D eigenvalue weighted by atomic mass is 16.5. The molecule has 0 heterocycles. The Labute approximate surface area is 152 Å². The number of nitrogens with one attached hydrogen (secondary N) is 3. The lowest BCUT2D eigenvalue weighted by atomic mass is 10.2. The lowest BCUT2D eigenvalue weighted by Crippen LogP contribution is -2.16. The fourth-order valence-electron chi connectivity index (χ4n) is 2.35. The summed E-state index contributed by atoms with van der Waals surface area (Å²) in [5.74, 6) is 0.920. The van der Waals surface area contributed by atoms with Gasteiger partial charge >= 0.3 is 0 Å². The maximum Gasteiger partial charge on any atom is 0.226 e. The van der Waals surface area contributed by atoms with Crippen LogP contribution < -0.4 is 25.4 Å². The van der Waals surface area contributed by atoms with Crippen molar-refractivity contribution in [3.8, 4) is 11.5 Å². The highest BCUT2D eigenvalue weighted by Crippen LogP contribution is 2.29. The van der Waals surface area contributed by atoms with Crippen molar-refractivity contribution >= 4 is 28.9 Å². The predicted octanol–water partition coefficient (Wildman–Crippen LogP) is 3.10. The Kier molecular flexibility index (Phi) is 6.84. The molecule has 3 N–H and O–H groups in total. The molecule has 0 saturated heterocycles. The maximum atomic E-state index is 12.1. The average Bonchev–Trinajstić information content (AvgIpc) is 2.62. The first kappa shape index (κ1) is 19.1. The summed E-state index contributed by atoms with van der Waals surface area (Å²) in [6, 6.07) is 12.5. The highest BCUT2D eigenvalue weighted by Gasteiger charge is 2.09. The van der Waals surface area contributed by atoms with Crippen LogP contribution in [0.25, 0.3) is 0 Å². The second-order valence-electron chi connectivity index (χ2n) is 5.55. The number of carbonyl (C=O) groups is 2. The van der Waals surface area contributed by atoms with Crippen molar-refractivity contribution in [1.82, 2.24) is 0 Å². The highest BCUT2D eigenvalue weighted by molar-refractivity contribution is 5.92. The van der Waals surface area contributed by atoms with E-state index in [1.165, 1.54) is 14.0 Å². The molecule has 2 amide bonds. The summed E-state index contributed by atoms with van der Waals surface area (Å²) in [5, 5.41) is 8.70. The molecule has 7 nitrogen and oxygen atoms in total. The van der Waals surface area contributed by atoms with Crippen molar-refractivity contribution in [2.45, 2.75) is 13.3 Å². The van der Waals surface area contributed by atoms with Gasteiger partial charge in [0.15, 0.2) is 0 Å². The number of anilines is 3. The van der Waals surface area contributed by atoms with E-state index in [1.807, 2.05) is 18.2 Å². The number of hydrogen-bond acceptors (Lipinski definition) is 5. The molecule has 0 atom stereocenters. The smallest absolute Gasteiger partial charge is 0.226 e. The van der Waals surface area contributed by atoms with Crippen molar-refractivity contribution < 1.29 is 19.1 Å². The van der Waals surface area contributed by atoms with Crippen LogP contribution in [0.3, 0.4) is 0 Å². The van der Waals surface area contributed by atoms with Crippen molar-refractivity contribution in [3.63, 3.8) is 0 Å². The predicted molar refractivity (Wildman–Crippen MR) is 102 cm³/mol. The fourth-order valence-corrected chi connectivity index (χ4v) is 2.35. The van der Waals surface area contributed by atoms with Gasteiger partial charge in [-0.1, -0.05) is 6.07 Å². The summed E-state index contributed by atoms with van der Waals surface area (Å²) in [5.41, 5.74) is 2.12. The number of methoxy groups -OCH3 is 2. The Morgan fingerprint density at radius 2 is 1.73 bits per heavy atom. The SMILES string of the molecule is COc1ccc(NC(=O)CCNc2cccc(NC(C)=O)c2)c(OC)c1. The summed E-state index contributed by atoms with van der Waals surface area (Å²) in [6.45, 7) is 1.91. The summed E-state index contributed by atoms with van der Waals surface area (Å²) >= 11 is 0. The molecular weight excluding hydrogens is 334 g/mol. The summed E-state index contributed by atoms with van der Waals surface area (Å²) < 4.78 is 10.4. The topological polar surface area (TPSA) is 88.7 Å². The van der Waals surface area contributed by atoms with E-state index in [0.717, 1.165) is 5.69 Å². The maximum absolute atomic E-state index is 12.1. The Bertz CT molecular complexity index is 777. The van der Waals surface area contributed by atoms with Crippen LogP contribution >= 0.6 is 0 Å². The summed E-state index contributed by atoms with van der Waals surface area (Å²) in [4.78, 5) is 23.2. The number of amides is 2. The quantitative estimate of drug-likeness (QED) is 0.676. The third-order valence-corrected chi connectivity index (χ3v) is 3.55. The average molecular weight is 357 g/mol. The van der Waals surface area contributed by atoms with E-state index in [-0.39, 0.29) is 18.2 Å². The van der Waals surface area contributed by atoms with Crippen LogP contribution in [-0.4, -0.2) is 32.6 Å². The Hall–Kier alpha value is -3.22. The van der Waals surface area contributed by atoms with Gasteiger partial charge in [-0.05, 0) is 30.3 Å². The minimum Gasteiger partial charge on any atom is -0.497 e. The van der Waals surface area contributed by atoms with Gasteiger partial charge in [0.05, 0.1) is 19.9 Å². The normalized spacial score (nSPS) is 9.96. The van der Waals surface area contributed by atoms with Crippen LogP contribution in [0.15, 0.2) is 42.5 Å². The zero-order valence-corrected chi connectivity index (χ0v) is 15.1. The lowest BCUT2D eigenvalue weighted by molar-refractivity contribution is -0.116. The van der Waals surface area contributed by atoms with Crippen molar-refractivity contribution in [2.24, 2.45) is 0 Å². The first-order valence-corrected chi connectivity index (χ1v) is 8.15. The first-order valence-electron chi connectivity index (χ1n) is 8.15. The lowest BCUT2D eigenvalue weighted by Gasteiger charge is -2.12. The number of hydrogen-bond donors (Lipinski definition) is 3. The summed E-state index contributed by atoms with van der Waals surface area (Å²) in [7, 11) is 3.10. The molecule has 2 rings (SSSR count). The van der Waals surface area contributed by atoms with Crippen molar-refractivity contribution in [1.29, 1.82) is 0 Å². The van der Waals surface area contributed by atoms with Gasteiger partial charge in [-0.15, -0.1) is 0 Å². The van der Waals surface area contributed by atoms with Gasteiger partial charge in [-0.3, -0.25) is 9.59 Å². The van der Waals surface area contributed by atoms with E-state index in [9.17, 15) is 9.59 Å². The molecule has 0 saturated carbocycles. The van der Waals surface area contributed by atoms with Gasteiger partial charge in [0.2, 0.25) is 11.8 Å². The van der Waals surface area contributed by atoms with E-state index in [2.05, 4.69) is 16.0 Å². The van der Waals surface area contributed by atoms with Gasteiger partial charge in [0, 0.05) is 37.3 Å². The second-order valence-corrected chi connectivity index (χ2v) is 5.55. The largest absolute Gasteiger partial charge is 0.497 e. The Balaban J connectivity index is 1.87. The van der Waals surface area contributed by atoms with E-state index in [0.29, 0.717) is 29.4 Å². The monoisotopic (exact) mass is 357 g/mol. The molecule has 0 fully saturated rings. The number of ether oxygens (including phenoxy) is 2. The molecule has 0 aliphatic carbocycles. The van der Waals surface area contributed by atoms with Crippen LogP contribution in [0.2, 0.25) is 0 Å². The molecular formula is C19H23N3O4. The van der Waals surface area contributed by atoms with Gasteiger partial charge in [-0.2, -0.15) is 0 Å². The van der Waals surface area contributed by atoms with Crippen LogP contribution in [0.5, 0.6) is 11.5 Å². The number of carbonyl (C=O) groups excluding carboxylic acids is 2. The molecule has 26 heavy (non-hydrogen) atoms. The van der Waals surface area contributed by atoms with Crippen LogP contribution in [-0.2, 0) is 9.59 Å². The van der Waals surface area contributed by atoms with E-state index in [4.69, 9.17) is 9.47 Å². The standard InChI is InChI=1S/C19H23N3O4/c1-13(23)21-15-6-4-5-14(11-15)20-10-9-19(24)22-17-8-7-16(25-2)12-18(17)26-3/h4-8,11-12,20H,9-10H2,1-3H3,(H,21,23)(H,22,24). The molecule has 0 bridgehead atoms. The molecule has 0 aliphatic rings. The molecule has 138 valence electrons. The second kappa shape index (κ2) is 9.31. The van der Waals surface area contributed by atoms with E-state index < -0.39 is 0 Å². The van der Waals surface area contributed by atoms with Crippen LogP contribution in [0, 0.1) is 0 Å². The van der Waals surface area contributed by atoms with Crippen molar-refractivity contribution in [2.75, 3.05) is 36.7 Å². The van der Waals surface area contributed by atoms with Gasteiger partial charge < -0.3 is 25.4 Å². The number of rotatable bonds is 8. The molecule has 0 aromatic heterocycles. The van der Waals surface area contributed by atoms with Crippen LogP contribution in [0.1, 0.15) is 13.3 Å². The van der Waals surface area contributed by atoms with Gasteiger partial charge in [0.25, 0.3) is 0 Å². The third-order valence-electron chi connectivity index (χ3n) is 3.55. The minimum atomic E-state index is -0.140.